The lowest BCUT2D eigenvalue weighted by atomic mass is 10.2. The van der Waals surface area contributed by atoms with E-state index in [9.17, 15) is 0 Å². The van der Waals surface area contributed by atoms with Gasteiger partial charge in [0.05, 0.1) is 6.33 Å². The molecule has 22 heavy (non-hydrogen) atoms. The molecule has 0 spiro atoms. The van der Waals surface area contributed by atoms with Gasteiger partial charge in [-0.05, 0) is 29.9 Å². The van der Waals surface area contributed by atoms with Gasteiger partial charge >= 0.3 is 0 Å². The number of hydrogen-bond acceptors (Lipinski definition) is 3. The monoisotopic (exact) mass is 354 g/mol. The van der Waals surface area contributed by atoms with Crippen molar-refractivity contribution in [2.45, 2.75) is 37.3 Å². The van der Waals surface area contributed by atoms with Crippen LogP contribution in [0.15, 0.2) is 43.0 Å². The second-order valence-electron chi connectivity index (χ2n) is 5.25. The molecule has 1 unspecified atom stereocenters. The van der Waals surface area contributed by atoms with Gasteiger partial charge in [0.25, 0.3) is 0 Å². The normalized spacial score (nSPS) is 12.5. The fourth-order valence-corrected chi connectivity index (χ4v) is 4.76. The van der Waals surface area contributed by atoms with Crippen LogP contribution in [0, 0.1) is 0 Å². The number of imidazole rings is 1. The highest BCUT2D eigenvalue weighted by atomic mass is 35.5. The molecule has 0 bridgehead atoms. The first-order chi connectivity index (χ1) is 10.8. The molecule has 2 aromatic rings. The molecule has 1 aromatic heterocycles. The van der Waals surface area contributed by atoms with Gasteiger partial charge in [-0.25, -0.2) is 4.98 Å². The summed E-state index contributed by atoms with van der Waals surface area (Å²) in [6, 6.07) is 8.18. The summed E-state index contributed by atoms with van der Waals surface area (Å²) in [6.07, 6.45) is 8.39. The number of thioether (sulfide) groups is 2. The van der Waals surface area contributed by atoms with Gasteiger partial charge in [0.2, 0.25) is 0 Å². The topological polar surface area (TPSA) is 17.8 Å². The molecule has 0 aliphatic carbocycles. The fourth-order valence-electron chi connectivity index (χ4n) is 2.04. The molecule has 5 heteroatoms. The highest BCUT2D eigenvalue weighted by molar-refractivity contribution is 8.02. The summed E-state index contributed by atoms with van der Waals surface area (Å²) < 4.78 is 2.18. The molecule has 0 aliphatic rings. The smallest absolute Gasteiger partial charge is 0.0946 e. The molecule has 0 saturated heterocycles. The number of rotatable bonds is 10. The molecule has 0 amide bonds. The van der Waals surface area contributed by atoms with Crippen LogP contribution in [0.4, 0.5) is 0 Å². The van der Waals surface area contributed by atoms with Crippen molar-refractivity contribution in [3.63, 3.8) is 0 Å². The van der Waals surface area contributed by atoms with Crippen molar-refractivity contribution in [3.05, 3.63) is 53.6 Å². The third-order valence-corrected chi connectivity index (χ3v) is 6.28. The van der Waals surface area contributed by atoms with Crippen molar-refractivity contribution < 1.29 is 0 Å². The Balaban J connectivity index is 1.84. The van der Waals surface area contributed by atoms with Gasteiger partial charge in [0.1, 0.15) is 0 Å². The Morgan fingerprint density at radius 3 is 2.77 bits per heavy atom. The minimum atomic E-state index is 0.603. The highest BCUT2D eigenvalue weighted by Gasteiger charge is 2.11. The van der Waals surface area contributed by atoms with E-state index in [1.807, 2.05) is 42.6 Å². The number of halogens is 1. The minimum absolute atomic E-state index is 0.603. The molecule has 1 heterocycles. The van der Waals surface area contributed by atoms with E-state index >= 15 is 0 Å². The van der Waals surface area contributed by atoms with Crippen molar-refractivity contribution in [1.29, 1.82) is 0 Å². The Morgan fingerprint density at radius 1 is 1.27 bits per heavy atom. The predicted octanol–water partition coefficient (Wildman–Crippen LogP) is 5.37. The van der Waals surface area contributed by atoms with E-state index in [0.29, 0.717) is 5.25 Å². The van der Waals surface area contributed by atoms with E-state index in [1.54, 1.807) is 0 Å². The summed E-state index contributed by atoms with van der Waals surface area (Å²) in [6.45, 7) is 3.27. The van der Waals surface area contributed by atoms with Crippen molar-refractivity contribution in [3.8, 4) is 0 Å². The maximum Gasteiger partial charge on any atom is 0.0946 e. The van der Waals surface area contributed by atoms with Crippen molar-refractivity contribution >= 4 is 35.1 Å². The Labute approximate surface area is 147 Å². The lowest BCUT2D eigenvalue weighted by Gasteiger charge is -2.17. The Kier molecular flexibility index (Phi) is 8.27. The third kappa shape index (κ3) is 6.67. The van der Waals surface area contributed by atoms with Gasteiger partial charge in [0, 0.05) is 40.7 Å². The van der Waals surface area contributed by atoms with Gasteiger partial charge < -0.3 is 4.57 Å². The number of aromatic nitrogens is 2. The van der Waals surface area contributed by atoms with Crippen LogP contribution in [-0.4, -0.2) is 26.3 Å². The first-order valence-corrected chi connectivity index (χ1v) is 10.3. The van der Waals surface area contributed by atoms with E-state index in [-0.39, 0.29) is 0 Å². The third-order valence-electron chi connectivity index (χ3n) is 3.32. The quantitative estimate of drug-likeness (QED) is 0.534. The molecule has 2 nitrogen and oxygen atoms in total. The van der Waals surface area contributed by atoms with Gasteiger partial charge in [-0.3, -0.25) is 0 Å². The minimum Gasteiger partial charge on any atom is -0.336 e. The average molecular weight is 355 g/mol. The number of benzene rings is 1. The summed E-state index contributed by atoms with van der Waals surface area (Å²) in [4.78, 5) is 4.15. The summed E-state index contributed by atoms with van der Waals surface area (Å²) in [5.74, 6) is 3.49. The molecule has 0 aliphatic heterocycles. The molecule has 0 radical (unpaired) electrons. The second kappa shape index (κ2) is 10.2. The van der Waals surface area contributed by atoms with E-state index in [4.69, 9.17) is 11.6 Å². The zero-order valence-corrected chi connectivity index (χ0v) is 15.3. The maximum atomic E-state index is 5.95. The van der Waals surface area contributed by atoms with E-state index in [1.165, 1.54) is 29.9 Å². The van der Waals surface area contributed by atoms with Crippen LogP contribution in [0.2, 0.25) is 5.02 Å². The molecule has 1 atom stereocenters. The number of hydrogen-bond donors (Lipinski definition) is 0. The predicted molar refractivity (Wildman–Crippen MR) is 101 cm³/mol. The van der Waals surface area contributed by atoms with Crippen LogP contribution in [0.1, 0.15) is 25.3 Å². The van der Waals surface area contributed by atoms with Crippen molar-refractivity contribution in [1.82, 2.24) is 9.55 Å². The van der Waals surface area contributed by atoms with Gasteiger partial charge in [-0.2, -0.15) is 23.5 Å². The number of unbranched alkanes of at least 4 members (excludes halogenated alkanes) is 1. The first-order valence-electron chi connectivity index (χ1n) is 7.67. The molecule has 2 rings (SSSR count). The Morgan fingerprint density at radius 2 is 2.09 bits per heavy atom. The average Bonchev–Trinajstić information content (AvgIpc) is 3.03. The highest BCUT2D eigenvalue weighted by Crippen LogP contribution is 2.24. The van der Waals surface area contributed by atoms with Crippen LogP contribution in [0.25, 0.3) is 0 Å². The summed E-state index contributed by atoms with van der Waals surface area (Å²) >= 11 is 10.0. The standard InChI is InChI=1S/C17H23ClN2S2/c1-2-3-10-21-13-17(11-20-9-8-19-14-20)22-12-15-4-6-16(18)7-5-15/h4-9,14,17H,2-3,10-13H2,1H3. The second-order valence-corrected chi connectivity index (χ2v) is 8.12. The van der Waals surface area contributed by atoms with Crippen LogP contribution in [0.5, 0.6) is 0 Å². The molecular weight excluding hydrogens is 332 g/mol. The SMILES string of the molecule is CCCCSCC(Cn1ccnc1)SCc1ccc(Cl)cc1. The molecule has 0 fully saturated rings. The molecular formula is C17H23ClN2S2. The van der Waals surface area contributed by atoms with Gasteiger partial charge in [0.15, 0.2) is 0 Å². The zero-order valence-electron chi connectivity index (χ0n) is 13.0. The van der Waals surface area contributed by atoms with Crippen LogP contribution in [0.3, 0.4) is 0 Å². The van der Waals surface area contributed by atoms with Crippen LogP contribution in [-0.2, 0) is 12.3 Å². The number of nitrogens with zero attached hydrogens (tertiary/aromatic N) is 2. The van der Waals surface area contributed by atoms with E-state index < -0.39 is 0 Å². The lowest BCUT2D eigenvalue weighted by molar-refractivity contribution is 0.695. The molecule has 1 aromatic carbocycles. The maximum absolute atomic E-state index is 5.95. The van der Waals surface area contributed by atoms with Crippen molar-refractivity contribution in [2.75, 3.05) is 11.5 Å². The fraction of sp³-hybridized carbons (Fsp3) is 0.471. The van der Waals surface area contributed by atoms with E-state index in [0.717, 1.165) is 17.3 Å². The summed E-state index contributed by atoms with van der Waals surface area (Å²) in [5, 5.41) is 1.41. The summed E-state index contributed by atoms with van der Waals surface area (Å²) in [5.41, 5.74) is 1.34. The first kappa shape index (κ1) is 17.8. The lowest BCUT2D eigenvalue weighted by Crippen LogP contribution is -2.15. The van der Waals surface area contributed by atoms with E-state index in [2.05, 4.69) is 40.4 Å². The summed E-state index contributed by atoms with van der Waals surface area (Å²) in [7, 11) is 0. The molecule has 0 N–H and O–H groups in total. The van der Waals surface area contributed by atoms with Crippen molar-refractivity contribution in [2.24, 2.45) is 0 Å². The largest absolute Gasteiger partial charge is 0.336 e. The Hall–Kier alpha value is -0.580. The van der Waals surface area contributed by atoms with Crippen LogP contribution < -0.4 is 0 Å². The van der Waals surface area contributed by atoms with Gasteiger partial charge in [-0.15, -0.1) is 0 Å². The van der Waals surface area contributed by atoms with Crippen LogP contribution >= 0.6 is 35.1 Å². The molecule has 120 valence electrons. The van der Waals surface area contributed by atoms with Gasteiger partial charge in [-0.1, -0.05) is 37.1 Å². The zero-order chi connectivity index (χ0) is 15.6. The molecule has 0 saturated carbocycles. The Bertz CT molecular complexity index is 514.